The van der Waals surface area contributed by atoms with E-state index in [1.165, 1.54) is 43.2 Å². The van der Waals surface area contributed by atoms with Crippen molar-refractivity contribution < 1.29 is 9.59 Å². The van der Waals surface area contributed by atoms with Gasteiger partial charge in [0, 0.05) is 12.8 Å². The van der Waals surface area contributed by atoms with Crippen LogP contribution in [0.25, 0.3) is 0 Å². The number of aliphatic imine (C=N–C) groups is 1. The van der Waals surface area contributed by atoms with Crippen LogP contribution in [0, 0.1) is 19.8 Å². The van der Waals surface area contributed by atoms with E-state index in [9.17, 15) is 9.59 Å². The second-order valence-corrected chi connectivity index (χ2v) is 10.9. The van der Waals surface area contributed by atoms with Gasteiger partial charge in [0.05, 0.1) is 6.54 Å². The van der Waals surface area contributed by atoms with E-state index in [0.717, 1.165) is 29.5 Å². The largest absolute Gasteiger partial charge is 0.369 e. The summed E-state index contributed by atoms with van der Waals surface area (Å²) in [6.07, 6.45) is 8.69. The summed E-state index contributed by atoms with van der Waals surface area (Å²) in [5.74, 6) is 1.16. The van der Waals surface area contributed by atoms with Crippen molar-refractivity contribution >= 4 is 17.6 Å². The quantitative estimate of drug-likeness (QED) is 0.527. The van der Waals surface area contributed by atoms with Gasteiger partial charge in [-0.1, -0.05) is 85.7 Å². The van der Waals surface area contributed by atoms with Gasteiger partial charge in [-0.05, 0) is 56.2 Å². The summed E-state index contributed by atoms with van der Waals surface area (Å²) >= 11 is 0. The number of rotatable bonds is 9. The molecule has 4 rings (SSSR count). The van der Waals surface area contributed by atoms with Gasteiger partial charge in [-0.3, -0.25) is 14.5 Å². The first-order valence-corrected chi connectivity index (χ1v) is 13.1. The summed E-state index contributed by atoms with van der Waals surface area (Å²) in [6.45, 7) is 6.50. The third-order valence-corrected chi connectivity index (χ3v) is 7.49. The van der Waals surface area contributed by atoms with Crippen LogP contribution in [0.5, 0.6) is 0 Å². The number of hydrogen-bond donors (Lipinski definition) is 1. The number of nitrogens with two attached hydrogens (primary N) is 1. The first-order chi connectivity index (χ1) is 16.7. The number of aryl methyl sites for hydroxylation is 3. The molecule has 1 aliphatic carbocycles. The fraction of sp³-hybridized carbons (Fsp3) is 0.500. The van der Waals surface area contributed by atoms with Crippen molar-refractivity contribution in [1.82, 2.24) is 4.90 Å². The molecule has 1 fully saturated rings. The van der Waals surface area contributed by atoms with Crippen LogP contribution in [0.4, 0.5) is 0 Å². The monoisotopic (exact) mass is 473 g/mol. The minimum absolute atomic E-state index is 0.0154. The van der Waals surface area contributed by atoms with Crippen molar-refractivity contribution in [2.75, 3.05) is 0 Å². The molecule has 0 spiro atoms. The van der Waals surface area contributed by atoms with Gasteiger partial charge in [0.2, 0.25) is 0 Å². The molecule has 186 valence electrons. The molecule has 1 amide bonds. The highest BCUT2D eigenvalue weighted by atomic mass is 16.2. The Morgan fingerprint density at radius 1 is 1.00 bits per heavy atom. The number of guanidine groups is 1. The van der Waals surface area contributed by atoms with Crippen LogP contribution >= 0.6 is 0 Å². The Kier molecular flexibility index (Phi) is 7.73. The normalized spacial score (nSPS) is 20.8. The zero-order valence-corrected chi connectivity index (χ0v) is 21.5. The SMILES string of the molecule is Cc1cc(C)cc(CC(=O)CCc2ccc(CN3C(=O)C(C)(CC4CCCCC4)N=C3N)cc2)c1. The van der Waals surface area contributed by atoms with Crippen LogP contribution in [0.1, 0.15) is 79.7 Å². The van der Waals surface area contributed by atoms with E-state index in [1.54, 1.807) is 4.90 Å². The molecule has 1 heterocycles. The van der Waals surface area contributed by atoms with Crippen LogP contribution in [-0.2, 0) is 29.0 Å². The smallest absolute Gasteiger partial charge is 0.257 e. The minimum atomic E-state index is -0.734. The van der Waals surface area contributed by atoms with E-state index in [0.29, 0.717) is 31.3 Å². The van der Waals surface area contributed by atoms with Crippen molar-refractivity contribution in [3.8, 4) is 0 Å². The highest BCUT2D eigenvalue weighted by molar-refractivity contribution is 6.06. The van der Waals surface area contributed by atoms with Crippen molar-refractivity contribution in [3.05, 3.63) is 70.3 Å². The van der Waals surface area contributed by atoms with Gasteiger partial charge >= 0.3 is 0 Å². The molecule has 2 aromatic carbocycles. The maximum Gasteiger partial charge on any atom is 0.257 e. The van der Waals surface area contributed by atoms with Gasteiger partial charge < -0.3 is 5.73 Å². The lowest BCUT2D eigenvalue weighted by atomic mass is 9.80. The number of amides is 1. The highest BCUT2D eigenvalue weighted by Crippen LogP contribution is 2.35. The second-order valence-electron chi connectivity index (χ2n) is 10.9. The van der Waals surface area contributed by atoms with Crippen LogP contribution in [0.15, 0.2) is 47.5 Å². The zero-order chi connectivity index (χ0) is 25.0. The fourth-order valence-corrected chi connectivity index (χ4v) is 5.76. The lowest BCUT2D eigenvalue weighted by Crippen LogP contribution is -2.43. The van der Waals surface area contributed by atoms with Crippen molar-refractivity contribution in [1.29, 1.82) is 0 Å². The average Bonchev–Trinajstić information content (AvgIpc) is 3.01. The summed E-state index contributed by atoms with van der Waals surface area (Å²) in [5.41, 5.74) is 11.1. The number of ketones is 1. The number of Topliss-reactive ketones (excluding diaryl/α,β-unsaturated/α-hetero) is 1. The van der Waals surface area contributed by atoms with Gasteiger partial charge in [0.15, 0.2) is 5.96 Å². The molecule has 1 atom stereocenters. The first-order valence-electron chi connectivity index (χ1n) is 13.1. The Morgan fingerprint density at radius 3 is 2.29 bits per heavy atom. The summed E-state index contributed by atoms with van der Waals surface area (Å²) in [7, 11) is 0. The summed E-state index contributed by atoms with van der Waals surface area (Å²) < 4.78 is 0. The maximum absolute atomic E-state index is 13.2. The van der Waals surface area contributed by atoms with Crippen molar-refractivity contribution in [2.24, 2.45) is 16.6 Å². The molecular weight excluding hydrogens is 434 g/mol. The van der Waals surface area contributed by atoms with E-state index in [1.807, 2.05) is 19.1 Å². The number of benzene rings is 2. The van der Waals surface area contributed by atoms with Gasteiger partial charge in [-0.2, -0.15) is 0 Å². The van der Waals surface area contributed by atoms with Crippen LogP contribution < -0.4 is 5.73 Å². The lowest BCUT2D eigenvalue weighted by Gasteiger charge is -2.29. The molecule has 5 heteroatoms. The summed E-state index contributed by atoms with van der Waals surface area (Å²) in [6, 6.07) is 14.5. The van der Waals surface area contributed by atoms with Crippen LogP contribution in [0.2, 0.25) is 0 Å². The van der Waals surface area contributed by atoms with E-state index in [4.69, 9.17) is 5.73 Å². The Labute approximate surface area is 209 Å². The van der Waals surface area contributed by atoms with Crippen LogP contribution in [0.3, 0.4) is 0 Å². The molecule has 2 N–H and O–H groups in total. The number of hydrogen-bond acceptors (Lipinski definition) is 4. The Morgan fingerprint density at radius 2 is 1.63 bits per heavy atom. The predicted octanol–water partition coefficient (Wildman–Crippen LogP) is 5.43. The third-order valence-electron chi connectivity index (χ3n) is 7.49. The highest BCUT2D eigenvalue weighted by Gasteiger charge is 2.45. The standard InChI is InChI=1S/C30H39N3O2/c1-21-15-22(2)17-26(16-21)18-27(34)14-13-23-9-11-25(12-10-23)20-33-28(35)30(3,32-29(33)31)19-24-7-5-4-6-8-24/h9-12,15-17,24H,4-8,13-14,18-20H2,1-3H3,(H2,31,32). The van der Waals surface area contributed by atoms with E-state index < -0.39 is 5.54 Å². The molecule has 0 saturated heterocycles. The Hall–Kier alpha value is -2.95. The van der Waals surface area contributed by atoms with E-state index in [2.05, 4.69) is 49.2 Å². The topological polar surface area (TPSA) is 75.8 Å². The molecule has 5 nitrogen and oxygen atoms in total. The third kappa shape index (κ3) is 6.39. The zero-order valence-electron chi connectivity index (χ0n) is 21.5. The fourth-order valence-electron chi connectivity index (χ4n) is 5.76. The molecule has 2 aliphatic rings. The Bertz CT molecular complexity index is 1080. The van der Waals surface area contributed by atoms with E-state index >= 15 is 0 Å². The number of nitrogens with zero attached hydrogens (tertiary/aromatic N) is 2. The minimum Gasteiger partial charge on any atom is -0.369 e. The molecular formula is C30H39N3O2. The maximum atomic E-state index is 13.2. The molecule has 2 aromatic rings. The molecule has 0 radical (unpaired) electrons. The summed E-state index contributed by atoms with van der Waals surface area (Å²) in [4.78, 5) is 32.0. The lowest BCUT2D eigenvalue weighted by molar-refractivity contribution is -0.131. The second kappa shape index (κ2) is 10.8. The van der Waals surface area contributed by atoms with Gasteiger partial charge in [-0.25, -0.2) is 4.99 Å². The Balaban J connectivity index is 1.29. The van der Waals surface area contributed by atoms with Crippen LogP contribution in [-0.4, -0.2) is 28.1 Å². The number of carbonyl (C=O) groups is 2. The average molecular weight is 474 g/mol. The molecule has 0 aromatic heterocycles. The van der Waals surface area contributed by atoms with Crippen molar-refractivity contribution in [3.63, 3.8) is 0 Å². The van der Waals surface area contributed by atoms with E-state index in [-0.39, 0.29) is 11.7 Å². The molecule has 1 aliphatic heterocycles. The molecule has 35 heavy (non-hydrogen) atoms. The van der Waals surface area contributed by atoms with Gasteiger partial charge in [0.1, 0.15) is 11.3 Å². The molecule has 1 unspecified atom stereocenters. The summed E-state index contributed by atoms with van der Waals surface area (Å²) in [5, 5.41) is 0. The van der Waals surface area contributed by atoms with Gasteiger partial charge in [0.25, 0.3) is 5.91 Å². The number of carbonyl (C=O) groups excluding carboxylic acids is 2. The predicted molar refractivity (Wildman–Crippen MR) is 141 cm³/mol. The molecule has 0 bridgehead atoms. The van der Waals surface area contributed by atoms with Crippen molar-refractivity contribution in [2.45, 2.75) is 90.6 Å². The first kappa shape index (κ1) is 25.2. The molecule has 1 saturated carbocycles. The van der Waals surface area contributed by atoms with Gasteiger partial charge in [-0.15, -0.1) is 0 Å².